The molecule has 0 aliphatic carbocycles. The number of pyridine rings is 1. The molecule has 0 unspecified atom stereocenters. The maximum absolute atomic E-state index is 11.5. The maximum atomic E-state index is 11.5. The van der Waals surface area contributed by atoms with Gasteiger partial charge in [0.2, 0.25) is 10.0 Å². The molecule has 0 aliphatic rings. The Morgan fingerprint density at radius 2 is 1.65 bits per heavy atom. The summed E-state index contributed by atoms with van der Waals surface area (Å²) in [6, 6.07) is 2.94. The summed E-state index contributed by atoms with van der Waals surface area (Å²) in [4.78, 5) is 12.3. The van der Waals surface area contributed by atoms with E-state index in [-0.39, 0.29) is 15.9 Å². The van der Waals surface area contributed by atoms with Crippen LogP contribution in [0.2, 0.25) is 5.02 Å². The molecule has 0 fully saturated rings. The zero-order valence-corrected chi connectivity index (χ0v) is 11.9. The highest BCUT2D eigenvalue weighted by Crippen LogP contribution is 2.26. The van der Waals surface area contributed by atoms with Crippen molar-refractivity contribution >= 4 is 42.6 Å². The van der Waals surface area contributed by atoms with Gasteiger partial charge in [0, 0.05) is 10.9 Å². The Labute approximate surface area is 118 Å². The van der Waals surface area contributed by atoms with Crippen molar-refractivity contribution in [2.75, 3.05) is 0 Å². The van der Waals surface area contributed by atoms with Gasteiger partial charge < -0.3 is 4.98 Å². The van der Waals surface area contributed by atoms with E-state index in [1.807, 2.05) is 0 Å². The van der Waals surface area contributed by atoms with Gasteiger partial charge in [-0.1, -0.05) is 11.6 Å². The fraction of sp³-hybridized carbons (Fsp3) is 0. The molecule has 1 aromatic heterocycles. The number of fused-ring (bicyclic) bond motifs is 1. The molecular weight excluding hydrogens is 332 g/mol. The van der Waals surface area contributed by atoms with E-state index in [9.17, 15) is 21.6 Å². The van der Waals surface area contributed by atoms with Crippen LogP contribution in [0.15, 0.2) is 32.8 Å². The number of sulfonamides is 1. The fourth-order valence-corrected chi connectivity index (χ4v) is 3.27. The minimum atomic E-state index is -4.74. The van der Waals surface area contributed by atoms with Crippen LogP contribution in [0.1, 0.15) is 0 Å². The van der Waals surface area contributed by atoms with Crippen molar-refractivity contribution < 1.29 is 21.4 Å². The minimum absolute atomic E-state index is 0.0330. The molecule has 0 spiro atoms. The number of rotatable bonds is 2. The van der Waals surface area contributed by atoms with Crippen LogP contribution < -0.4 is 10.7 Å². The fourth-order valence-electron chi connectivity index (χ4n) is 1.60. The molecule has 0 radical (unpaired) electrons. The molecule has 0 saturated heterocycles. The van der Waals surface area contributed by atoms with Crippen LogP contribution in [0.5, 0.6) is 0 Å². The molecule has 0 atom stereocenters. The van der Waals surface area contributed by atoms with Crippen LogP contribution in [0, 0.1) is 0 Å². The molecule has 8 nitrogen and oxygen atoms in total. The van der Waals surface area contributed by atoms with E-state index in [4.69, 9.17) is 21.3 Å². The first-order chi connectivity index (χ1) is 9.00. The van der Waals surface area contributed by atoms with E-state index >= 15 is 0 Å². The summed E-state index contributed by atoms with van der Waals surface area (Å²) in [5.74, 6) is 0. The van der Waals surface area contributed by atoms with E-state index in [1.165, 1.54) is 0 Å². The van der Waals surface area contributed by atoms with Crippen molar-refractivity contribution in [3.63, 3.8) is 0 Å². The topological polar surface area (TPSA) is 147 Å². The highest BCUT2D eigenvalue weighted by atomic mass is 35.5. The summed E-state index contributed by atoms with van der Waals surface area (Å²) >= 11 is 5.72. The average molecular weight is 339 g/mol. The van der Waals surface area contributed by atoms with Gasteiger partial charge in [-0.2, -0.15) is 8.42 Å². The van der Waals surface area contributed by atoms with Crippen molar-refractivity contribution in [1.82, 2.24) is 4.98 Å². The van der Waals surface area contributed by atoms with E-state index in [0.29, 0.717) is 0 Å². The molecule has 20 heavy (non-hydrogen) atoms. The van der Waals surface area contributed by atoms with Crippen molar-refractivity contribution in [2.45, 2.75) is 9.79 Å². The van der Waals surface area contributed by atoms with Gasteiger partial charge in [0.25, 0.3) is 15.7 Å². The zero-order chi connectivity index (χ0) is 15.3. The Kier molecular flexibility index (Phi) is 3.38. The van der Waals surface area contributed by atoms with E-state index < -0.39 is 35.5 Å². The number of aromatic nitrogens is 1. The minimum Gasteiger partial charge on any atom is -0.321 e. The monoisotopic (exact) mass is 338 g/mol. The van der Waals surface area contributed by atoms with Gasteiger partial charge in [-0.05, 0) is 18.2 Å². The molecular formula is C9H7ClN2O6S2. The quantitative estimate of drug-likeness (QED) is 0.660. The number of H-pyrrole nitrogens is 1. The van der Waals surface area contributed by atoms with Gasteiger partial charge in [0.15, 0.2) is 4.90 Å². The Balaban J connectivity index is 2.94. The predicted molar refractivity (Wildman–Crippen MR) is 70.8 cm³/mol. The Morgan fingerprint density at radius 1 is 1.10 bits per heavy atom. The van der Waals surface area contributed by atoms with Crippen LogP contribution >= 0.6 is 11.6 Å². The number of nitrogens with two attached hydrogens (primary N) is 1. The van der Waals surface area contributed by atoms with Gasteiger partial charge in [-0.25, -0.2) is 13.6 Å². The van der Waals surface area contributed by atoms with Crippen molar-refractivity contribution in [3.05, 3.63) is 33.6 Å². The van der Waals surface area contributed by atoms with E-state index in [0.717, 1.165) is 18.2 Å². The van der Waals surface area contributed by atoms with Crippen LogP contribution in [0.25, 0.3) is 10.9 Å². The van der Waals surface area contributed by atoms with Crippen molar-refractivity contribution in [2.24, 2.45) is 5.14 Å². The summed E-state index contributed by atoms with van der Waals surface area (Å²) in [6.45, 7) is 0. The van der Waals surface area contributed by atoms with E-state index in [1.54, 1.807) is 0 Å². The molecule has 0 aliphatic heterocycles. The Hall–Kier alpha value is -1.46. The van der Waals surface area contributed by atoms with E-state index in [2.05, 4.69) is 4.98 Å². The highest BCUT2D eigenvalue weighted by Gasteiger charge is 2.19. The number of nitrogens with one attached hydrogen (secondary N) is 1. The molecule has 2 rings (SSSR count). The second-order valence-corrected chi connectivity index (χ2v) is 7.18. The number of aromatic amines is 1. The molecule has 2 aromatic rings. The molecule has 4 N–H and O–H groups in total. The van der Waals surface area contributed by atoms with Crippen LogP contribution in [-0.2, 0) is 20.1 Å². The summed E-state index contributed by atoms with van der Waals surface area (Å²) in [7, 11) is -8.86. The van der Waals surface area contributed by atoms with Crippen molar-refractivity contribution in [3.8, 4) is 0 Å². The summed E-state index contributed by atoms with van der Waals surface area (Å²) in [5.41, 5.74) is -0.959. The smallest absolute Gasteiger partial charge is 0.300 e. The lowest BCUT2D eigenvalue weighted by atomic mass is 10.2. The normalized spacial score (nSPS) is 12.8. The van der Waals surface area contributed by atoms with Crippen LogP contribution in [-0.4, -0.2) is 26.4 Å². The third-order valence-corrected chi connectivity index (χ3v) is 4.68. The van der Waals surface area contributed by atoms with Gasteiger partial charge in [-0.3, -0.25) is 9.35 Å². The largest absolute Gasteiger partial charge is 0.321 e. The standard InChI is InChI=1S/C9H7ClN2O6S2/c10-5-3-6-4(1-7(5)19(11,14)15)2-8(9(13)12-6)20(16,17)18/h1-3H,(H,12,13)(H2,11,14,15)(H,16,17,18). The number of halogens is 1. The molecule has 11 heteroatoms. The summed E-state index contributed by atoms with van der Waals surface area (Å²) in [5, 5.41) is 4.76. The Bertz CT molecular complexity index is 977. The Morgan fingerprint density at radius 3 is 2.15 bits per heavy atom. The van der Waals surface area contributed by atoms with Gasteiger partial charge in [0.1, 0.15) is 4.90 Å². The summed E-state index contributed by atoms with van der Waals surface area (Å²) in [6.07, 6.45) is 0. The second kappa shape index (κ2) is 4.53. The first-order valence-electron chi connectivity index (χ1n) is 4.87. The van der Waals surface area contributed by atoms with Gasteiger partial charge >= 0.3 is 0 Å². The third-order valence-electron chi connectivity index (χ3n) is 2.45. The van der Waals surface area contributed by atoms with Crippen molar-refractivity contribution in [1.29, 1.82) is 0 Å². The molecule has 108 valence electrons. The molecule has 0 saturated carbocycles. The SMILES string of the molecule is NS(=O)(=O)c1cc2cc(S(=O)(=O)O)c(=O)[nH]c2cc1Cl. The predicted octanol–water partition coefficient (Wildman–Crippen LogP) is 0.0756. The molecule has 1 aromatic carbocycles. The molecule has 0 bridgehead atoms. The molecule has 0 amide bonds. The number of hydrogen-bond donors (Lipinski definition) is 3. The number of benzene rings is 1. The lowest BCUT2D eigenvalue weighted by molar-refractivity contribution is 0.482. The second-order valence-electron chi connectivity index (χ2n) is 3.85. The lowest BCUT2D eigenvalue weighted by Gasteiger charge is -2.05. The number of hydrogen-bond acceptors (Lipinski definition) is 5. The van der Waals surface area contributed by atoms with Gasteiger partial charge in [-0.15, -0.1) is 0 Å². The highest BCUT2D eigenvalue weighted by molar-refractivity contribution is 7.89. The van der Waals surface area contributed by atoms with Gasteiger partial charge in [0.05, 0.1) is 5.02 Å². The number of primary sulfonamides is 1. The maximum Gasteiger partial charge on any atom is 0.300 e. The van der Waals surface area contributed by atoms with Crippen LogP contribution in [0.3, 0.4) is 0 Å². The first-order valence-corrected chi connectivity index (χ1v) is 8.23. The first kappa shape index (κ1) is 14.9. The zero-order valence-electron chi connectivity index (χ0n) is 9.49. The summed E-state index contributed by atoms with van der Waals surface area (Å²) < 4.78 is 53.5. The third kappa shape index (κ3) is 2.69. The lowest BCUT2D eigenvalue weighted by Crippen LogP contribution is -2.17. The van der Waals surface area contributed by atoms with Crippen LogP contribution in [0.4, 0.5) is 0 Å². The molecule has 1 heterocycles. The average Bonchev–Trinajstić information content (AvgIpc) is 2.24.